The lowest BCUT2D eigenvalue weighted by atomic mass is 10.1. The number of nitriles is 1. The first kappa shape index (κ1) is 16.6. The molecule has 1 atom stereocenters. The summed E-state index contributed by atoms with van der Waals surface area (Å²) in [6, 6.07) is 8.09. The van der Waals surface area contributed by atoms with E-state index in [1.165, 1.54) is 12.1 Å². The number of hydrogen-bond acceptors (Lipinski definition) is 5. The van der Waals surface area contributed by atoms with Crippen molar-refractivity contribution in [3.63, 3.8) is 0 Å². The van der Waals surface area contributed by atoms with Gasteiger partial charge in [-0.1, -0.05) is 13.0 Å². The van der Waals surface area contributed by atoms with Gasteiger partial charge in [-0.15, -0.1) is 0 Å². The molecule has 6 heteroatoms. The van der Waals surface area contributed by atoms with E-state index in [1.807, 2.05) is 13.0 Å². The summed E-state index contributed by atoms with van der Waals surface area (Å²) in [5.41, 5.74) is 0.339. The number of benzene rings is 1. The minimum atomic E-state index is -3.39. The molecular weight excluding hydrogens is 276 g/mol. The lowest BCUT2D eigenvalue weighted by Crippen LogP contribution is -2.33. The molecular formula is C14H20N2O3S. The molecule has 0 aliphatic carbocycles. The summed E-state index contributed by atoms with van der Waals surface area (Å²) in [6.07, 6.45) is 1.45. The Kier molecular flexibility index (Phi) is 6.65. The van der Waals surface area contributed by atoms with E-state index in [4.69, 9.17) is 10.4 Å². The van der Waals surface area contributed by atoms with Crippen LogP contribution in [0.2, 0.25) is 0 Å². The lowest BCUT2D eigenvalue weighted by molar-refractivity contribution is 0.263. The molecule has 1 rings (SSSR count). The van der Waals surface area contributed by atoms with E-state index in [-0.39, 0.29) is 23.3 Å². The zero-order valence-electron chi connectivity index (χ0n) is 11.5. The monoisotopic (exact) mass is 296 g/mol. The zero-order valence-corrected chi connectivity index (χ0v) is 12.4. The molecule has 0 aliphatic rings. The highest BCUT2D eigenvalue weighted by Gasteiger charge is 2.15. The Morgan fingerprint density at radius 2 is 2.20 bits per heavy atom. The number of aliphatic hydroxyl groups excluding tert-OH is 1. The second-order valence-electron chi connectivity index (χ2n) is 4.53. The molecule has 1 unspecified atom stereocenters. The molecule has 20 heavy (non-hydrogen) atoms. The molecule has 0 aliphatic heterocycles. The lowest BCUT2D eigenvalue weighted by Gasteiger charge is -2.15. The first-order valence-electron chi connectivity index (χ1n) is 6.60. The Morgan fingerprint density at radius 1 is 1.45 bits per heavy atom. The highest BCUT2D eigenvalue weighted by molar-refractivity contribution is 7.91. The maximum atomic E-state index is 12.1. The summed E-state index contributed by atoms with van der Waals surface area (Å²) < 4.78 is 24.3. The second-order valence-corrected chi connectivity index (χ2v) is 6.64. The van der Waals surface area contributed by atoms with Crippen LogP contribution in [-0.4, -0.2) is 38.5 Å². The summed E-state index contributed by atoms with van der Waals surface area (Å²) in [5.74, 6) is -0.0240. The van der Waals surface area contributed by atoms with E-state index in [1.54, 1.807) is 12.1 Å². The fraction of sp³-hybridized carbons (Fsp3) is 0.500. The zero-order chi connectivity index (χ0) is 15.0. The van der Waals surface area contributed by atoms with Crippen LogP contribution in [0.4, 0.5) is 0 Å². The van der Waals surface area contributed by atoms with Gasteiger partial charge in [-0.2, -0.15) is 5.26 Å². The summed E-state index contributed by atoms with van der Waals surface area (Å²) in [5, 5.41) is 20.8. The number of sulfone groups is 1. The van der Waals surface area contributed by atoms with Gasteiger partial charge in [0, 0.05) is 19.2 Å². The molecule has 0 amide bonds. The maximum Gasteiger partial charge on any atom is 0.179 e. The van der Waals surface area contributed by atoms with E-state index in [2.05, 4.69) is 5.32 Å². The highest BCUT2D eigenvalue weighted by Crippen LogP contribution is 2.12. The van der Waals surface area contributed by atoms with E-state index in [0.717, 1.165) is 6.42 Å². The molecule has 0 spiro atoms. The smallest absolute Gasteiger partial charge is 0.179 e. The molecule has 1 aromatic rings. The quantitative estimate of drug-likeness (QED) is 0.749. The van der Waals surface area contributed by atoms with Crippen molar-refractivity contribution < 1.29 is 13.5 Å². The molecule has 1 aromatic carbocycles. The van der Waals surface area contributed by atoms with Crippen LogP contribution < -0.4 is 5.32 Å². The SMILES string of the molecule is CCC(CCO)NCCS(=O)(=O)c1cccc(C#N)c1. The van der Waals surface area contributed by atoms with Crippen LogP contribution in [0.1, 0.15) is 25.3 Å². The molecule has 0 saturated heterocycles. The normalized spacial score (nSPS) is 12.8. The number of rotatable bonds is 8. The molecule has 0 saturated carbocycles. The third-order valence-corrected chi connectivity index (χ3v) is 4.81. The third kappa shape index (κ3) is 4.93. The van der Waals surface area contributed by atoms with Gasteiger partial charge >= 0.3 is 0 Å². The molecule has 0 fully saturated rings. The van der Waals surface area contributed by atoms with Crippen LogP contribution in [0.5, 0.6) is 0 Å². The van der Waals surface area contributed by atoms with Crippen molar-refractivity contribution in [3.8, 4) is 6.07 Å². The topological polar surface area (TPSA) is 90.2 Å². The minimum absolute atomic E-state index is 0.0240. The van der Waals surface area contributed by atoms with Crippen LogP contribution in [0.15, 0.2) is 29.2 Å². The minimum Gasteiger partial charge on any atom is -0.396 e. The van der Waals surface area contributed by atoms with Crippen molar-refractivity contribution >= 4 is 9.84 Å². The molecule has 2 N–H and O–H groups in total. The summed E-state index contributed by atoms with van der Waals surface area (Å²) in [4.78, 5) is 0.175. The Morgan fingerprint density at radius 3 is 2.80 bits per heavy atom. The first-order chi connectivity index (χ1) is 9.53. The van der Waals surface area contributed by atoms with Crippen LogP contribution >= 0.6 is 0 Å². The van der Waals surface area contributed by atoms with Gasteiger partial charge < -0.3 is 10.4 Å². The predicted octanol–water partition coefficient (Wildman–Crippen LogP) is 1.08. The number of nitrogens with zero attached hydrogens (tertiary/aromatic N) is 1. The van der Waals surface area contributed by atoms with Gasteiger partial charge in [-0.3, -0.25) is 0 Å². The second kappa shape index (κ2) is 8.00. The van der Waals surface area contributed by atoms with Gasteiger partial charge in [0.25, 0.3) is 0 Å². The Bertz CT molecular complexity index is 564. The van der Waals surface area contributed by atoms with Crippen molar-refractivity contribution in [2.24, 2.45) is 0 Å². The van der Waals surface area contributed by atoms with Crippen molar-refractivity contribution in [1.29, 1.82) is 5.26 Å². The van der Waals surface area contributed by atoms with Crippen molar-refractivity contribution in [2.45, 2.75) is 30.7 Å². The first-order valence-corrected chi connectivity index (χ1v) is 8.26. The third-order valence-electron chi connectivity index (χ3n) is 3.10. The number of aliphatic hydroxyl groups is 1. The highest BCUT2D eigenvalue weighted by atomic mass is 32.2. The average Bonchev–Trinajstić information content (AvgIpc) is 2.46. The largest absolute Gasteiger partial charge is 0.396 e. The fourth-order valence-electron chi connectivity index (χ4n) is 1.88. The Hall–Kier alpha value is -1.42. The van der Waals surface area contributed by atoms with Crippen molar-refractivity contribution in [3.05, 3.63) is 29.8 Å². The predicted molar refractivity (Wildman–Crippen MR) is 77.0 cm³/mol. The van der Waals surface area contributed by atoms with Crippen LogP contribution in [-0.2, 0) is 9.84 Å². The molecule has 0 aromatic heterocycles. The summed E-state index contributed by atoms with van der Waals surface area (Å²) >= 11 is 0. The van der Waals surface area contributed by atoms with E-state index < -0.39 is 9.84 Å². The Labute approximate surface area is 120 Å². The molecule has 0 radical (unpaired) electrons. The molecule has 110 valence electrons. The van der Waals surface area contributed by atoms with Gasteiger partial charge in [0.1, 0.15) is 0 Å². The molecule has 5 nitrogen and oxygen atoms in total. The average molecular weight is 296 g/mol. The van der Waals surface area contributed by atoms with Crippen molar-refractivity contribution in [2.75, 3.05) is 18.9 Å². The standard InChI is InChI=1S/C14H20N2O3S/c1-2-13(6-8-17)16-7-9-20(18,19)14-5-3-4-12(10-14)11-15/h3-5,10,13,16-17H,2,6-9H2,1H3. The molecule has 0 bridgehead atoms. The van der Waals surface area contributed by atoms with Gasteiger partial charge in [0.2, 0.25) is 0 Å². The van der Waals surface area contributed by atoms with Crippen molar-refractivity contribution in [1.82, 2.24) is 5.32 Å². The van der Waals surface area contributed by atoms with Gasteiger partial charge in [0.15, 0.2) is 9.84 Å². The van der Waals surface area contributed by atoms with Gasteiger partial charge in [0.05, 0.1) is 22.3 Å². The maximum absolute atomic E-state index is 12.1. The summed E-state index contributed by atoms with van der Waals surface area (Å²) in [7, 11) is -3.39. The number of hydrogen-bond donors (Lipinski definition) is 2. The van der Waals surface area contributed by atoms with Crippen LogP contribution in [0, 0.1) is 11.3 Å². The van der Waals surface area contributed by atoms with Crippen LogP contribution in [0.3, 0.4) is 0 Å². The summed E-state index contributed by atoms with van der Waals surface area (Å²) in [6.45, 7) is 2.40. The number of nitrogens with one attached hydrogen (secondary N) is 1. The van der Waals surface area contributed by atoms with E-state index in [9.17, 15) is 8.42 Å². The van der Waals surface area contributed by atoms with E-state index >= 15 is 0 Å². The van der Waals surface area contributed by atoms with E-state index in [0.29, 0.717) is 18.5 Å². The molecule has 0 heterocycles. The van der Waals surface area contributed by atoms with Gasteiger partial charge in [-0.25, -0.2) is 8.42 Å². The van der Waals surface area contributed by atoms with Gasteiger partial charge in [-0.05, 0) is 31.0 Å². The van der Waals surface area contributed by atoms with Crippen LogP contribution in [0.25, 0.3) is 0 Å². The Balaban J connectivity index is 2.64. The fourth-order valence-corrected chi connectivity index (χ4v) is 3.10.